The lowest BCUT2D eigenvalue weighted by Crippen LogP contribution is -2.26. The maximum atomic E-state index is 12.2. The van der Waals surface area contributed by atoms with Crippen LogP contribution in [0.1, 0.15) is 21.9 Å². The predicted molar refractivity (Wildman–Crippen MR) is 72.9 cm³/mol. The maximum absolute atomic E-state index is 12.2. The van der Waals surface area contributed by atoms with Gasteiger partial charge in [-0.2, -0.15) is 0 Å². The summed E-state index contributed by atoms with van der Waals surface area (Å²) in [6.07, 6.45) is 1.38. The number of amides is 1. The van der Waals surface area contributed by atoms with Crippen molar-refractivity contribution < 1.29 is 9.21 Å². The average molecular weight is 280 g/mol. The van der Waals surface area contributed by atoms with Crippen molar-refractivity contribution in [2.75, 3.05) is 12.8 Å². The molecule has 2 aromatic heterocycles. The molecule has 2 rings (SSSR count). The van der Waals surface area contributed by atoms with E-state index in [1.54, 1.807) is 7.05 Å². The van der Waals surface area contributed by atoms with Crippen LogP contribution in [-0.4, -0.2) is 22.8 Å². The van der Waals surface area contributed by atoms with Gasteiger partial charge in [-0.15, -0.1) is 0 Å². The fourth-order valence-electron chi connectivity index (χ4n) is 1.71. The molecule has 19 heavy (non-hydrogen) atoms. The molecule has 2 aromatic rings. The summed E-state index contributed by atoms with van der Waals surface area (Å²) in [7, 11) is 1.67. The number of furan rings is 1. The molecule has 1 amide bonds. The number of carbonyl (C=O) groups is 1. The lowest BCUT2D eigenvalue weighted by molar-refractivity contribution is 0.0776. The molecule has 0 aliphatic heterocycles. The van der Waals surface area contributed by atoms with Crippen LogP contribution in [0.25, 0.3) is 0 Å². The number of halogens is 1. The summed E-state index contributed by atoms with van der Waals surface area (Å²) < 4.78 is 5.43. The highest BCUT2D eigenvalue weighted by Gasteiger charge is 2.17. The molecule has 0 aromatic carbocycles. The molecule has 2 N–H and O–H groups in total. The summed E-state index contributed by atoms with van der Waals surface area (Å²) in [4.78, 5) is 17.6. The van der Waals surface area contributed by atoms with E-state index in [9.17, 15) is 4.79 Å². The number of pyridine rings is 1. The zero-order valence-electron chi connectivity index (χ0n) is 10.7. The molecule has 0 aliphatic rings. The molecule has 0 radical (unpaired) electrons. The van der Waals surface area contributed by atoms with Gasteiger partial charge in [0.05, 0.1) is 24.0 Å². The van der Waals surface area contributed by atoms with Gasteiger partial charge in [0.15, 0.2) is 0 Å². The molecule has 0 unspecified atom stereocenters. The second-order valence-electron chi connectivity index (χ2n) is 4.27. The van der Waals surface area contributed by atoms with E-state index in [1.165, 1.54) is 17.2 Å². The summed E-state index contributed by atoms with van der Waals surface area (Å²) in [5, 5.41) is 0.236. The molecule has 0 bridgehead atoms. The van der Waals surface area contributed by atoms with Gasteiger partial charge in [0.25, 0.3) is 5.91 Å². The predicted octanol–water partition coefficient (Wildman–Crippen LogP) is 2.49. The molecule has 100 valence electrons. The minimum Gasteiger partial charge on any atom is -0.464 e. The lowest BCUT2D eigenvalue weighted by atomic mass is 10.2. The first-order valence-corrected chi connectivity index (χ1v) is 6.07. The van der Waals surface area contributed by atoms with Crippen LogP contribution in [0.5, 0.6) is 0 Å². The van der Waals surface area contributed by atoms with Crippen molar-refractivity contribution in [1.29, 1.82) is 0 Å². The molecule has 6 heteroatoms. The Morgan fingerprint density at radius 3 is 2.89 bits per heavy atom. The van der Waals surface area contributed by atoms with E-state index in [0.717, 1.165) is 5.76 Å². The molecular weight excluding hydrogens is 266 g/mol. The Kier molecular flexibility index (Phi) is 3.76. The van der Waals surface area contributed by atoms with Gasteiger partial charge >= 0.3 is 0 Å². The normalized spacial score (nSPS) is 10.5. The first kappa shape index (κ1) is 13.4. The van der Waals surface area contributed by atoms with Crippen molar-refractivity contribution in [1.82, 2.24) is 9.88 Å². The minimum absolute atomic E-state index is 0.226. The van der Waals surface area contributed by atoms with Crippen molar-refractivity contribution in [2.45, 2.75) is 13.5 Å². The van der Waals surface area contributed by atoms with Crippen LogP contribution in [0.15, 0.2) is 28.8 Å². The molecule has 0 spiro atoms. The summed E-state index contributed by atoms with van der Waals surface area (Å²) in [5.41, 5.74) is 6.37. The highest BCUT2D eigenvalue weighted by atomic mass is 35.5. The number of nitrogens with zero attached hydrogens (tertiary/aromatic N) is 2. The number of nitrogen functional groups attached to an aromatic ring is 1. The number of aromatic nitrogens is 1. The van der Waals surface area contributed by atoms with Gasteiger partial charge in [0.2, 0.25) is 0 Å². The van der Waals surface area contributed by atoms with E-state index in [2.05, 4.69) is 4.98 Å². The van der Waals surface area contributed by atoms with Crippen LogP contribution in [0.3, 0.4) is 0 Å². The Balaban J connectivity index is 2.16. The van der Waals surface area contributed by atoms with Gasteiger partial charge in [-0.05, 0) is 25.1 Å². The lowest BCUT2D eigenvalue weighted by Gasteiger charge is -2.16. The second kappa shape index (κ2) is 5.32. The molecule has 2 heterocycles. The van der Waals surface area contributed by atoms with Gasteiger partial charge in [-0.1, -0.05) is 11.6 Å². The monoisotopic (exact) mass is 279 g/mol. The molecule has 0 saturated heterocycles. The number of aryl methyl sites for hydroxylation is 1. The zero-order chi connectivity index (χ0) is 14.0. The smallest absolute Gasteiger partial charge is 0.256 e. The summed E-state index contributed by atoms with van der Waals surface area (Å²) >= 11 is 5.77. The molecule has 0 saturated carbocycles. The number of hydrogen-bond donors (Lipinski definition) is 1. The maximum Gasteiger partial charge on any atom is 0.256 e. The number of rotatable bonds is 3. The molecule has 0 aliphatic carbocycles. The Bertz CT molecular complexity index is 610. The van der Waals surface area contributed by atoms with Crippen LogP contribution < -0.4 is 5.73 Å². The number of nitrogens with two attached hydrogens (primary N) is 1. The second-order valence-corrected chi connectivity index (χ2v) is 4.66. The van der Waals surface area contributed by atoms with Gasteiger partial charge in [-0.25, -0.2) is 4.98 Å². The number of carbonyl (C=O) groups excluding carboxylic acids is 1. The van der Waals surface area contributed by atoms with Crippen molar-refractivity contribution in [3.8, 4) is 0 Å². The quantitative estimate of drug-likeness (QED) is 0.876. The highest BCUT2D eigenvalue weighted by molar-refractivity contribution is 6.29. The third kappa shape index (κ3) is 3.06. The average Bonchev–Trinajstić information content (AvgIpc) is 2.77. The SMILES string of the molecule is Cc1ccc(CN(C)C(=O)c2cc(Cl)ncc2N)o1. The van der Waals surface area contributed by atoms with Crippen LogP contribution in [0.2, 0.25) is 5.15 Å². The molecule has 0 atom stereocenters. The Hall–Kier alpha value is -2.01. The van der Waals surface area contributed by atoms with E-state index < -0.39 is 0 Å². The molecular formula is C13H14ClN3O2. The van der Waals surface area contributed by atoms with E-state index in [-0.39, 0.29) is 11.1 Å². The Morgan fingerprint density at radius 2 is 2.26 bits per heavy atom. The van der Waals surface area contributed by atoms with Crippen LogP contribution >= 0.6 is 11.6 Å². The number of hydrogen-bond acceptors (Lipinski definition) is 4. The third-order valence-corrected chi connectivity index (χ3v) is 2.87. The van der Waals surface area contributed by atoms with E-state index >= 15 is 0 Å². The highest BCUT2D eigenvalue weighted by Crippen LogP contribution is 2.18. The Morgan fingerprint density at radius 1 is 1.53 bits per heavy atom. The van der Waals surface area contributed by atoms with Gasteiger partial charge in [-0.3, -0.25) is 4.79 Å². The summed E-state index contributed by atoms with van der Waals surface area (Å²) in [5.74, 6) is 1.30. The van der Waals surface area contributed by atoms with E-state index in [1.807, 2.05) is 19.1 Å². The molecule has 5 nitrogen and oxygen atoms in total. The first-order valence-electron chi connectivity index (χ1n) is 5.69. The first-order chi connectivity index (χ1) is 8.97. The van der Waals surface area contributed by atoms with Crippen molar-refractivity contribution >= 4 is 23.2 Å². The summed E-state index contributed by atoms with van der Waals surface area (Å²) in [6.45, 7) is 2.22. The largest absolute Gasteiger partial charge is 0.464 e. The van der Waals surface area contributed by atoms with Crippen molar-refractivity contribution in [3.63, 3.8) is 0 Å². The fraction of sp³-hybridized carbons (Fsp3) is 0.231. The van der Waals surface area contributed by atoms with E-state index in [0.29, 0.717) is 23.6 Å². The van der Waals surface area contributed by atoms with Gasteiger partial charge in [0.1, 0.15) is 16.7 Å². The van der Waals surface area contributed by atoms with Crippen molar-refractivity contribution in [2.24, 2.45) is 0 Å². The van der Waals surface area contributed by atoms with Gasteiger partial charge in [0, 0.05) is 7.05 Å². The third-order valence-electron chi connectivity index (χ3n) is 2.67. The zero-order valence-corrected chi connectivity index (χ0v) is 11.4. The topological polar surface area (TPSA) is 72.4 Å². The minimum atomic E-state index is -0.226. The Labute approximate surface area is 116 Å². The van der Waals surface area contributed by atoms with Crippen LogP contribution in [0.4, 0.5) is 5.69 Å². The summed E-state index contributed by atoms with van der Waals surface area (Å²) in [6, 6.07) is 5.15. The molecule has 0 fully saturated rings. The van der Waals surface area contributed by atoms with E-state index in [4.69, 9.17) is 21.8 Å². The van der Waals surface area contributed by atoms with Crippen LogP contribution in [0, 0.1) is 6.92 Å². The number of anilines is 1. The van der Waals surface area contributed by atoms with Gasteiger partial charge < -0.3 is 15.1 Å². The fourth-order valence-corrected chi connectivity index (χ4v) is 1.86. The standard InChI is InChI=1S/C13H14ClN3O2/c1-8-3-4-9(19-8)7-17(2)13(18)10-5-12(14)16-6-11(10)15/h3-6H,7,15H2,1-2H3. The van der Waals surface area contributed by atoms with Crippen LogP contribution in [-0.2, 0) is 6.54 Å². The van der Waals surface area contributed by atoms with Crippen molar-refractivity contribution in [3.05, 3.63) is 46.6 Å².